The molecule has 1 aromatic rings. The van der Waals surface area contributed by atoms with Crippen molar-refractivity contribution in [1.29, 1.82) is 0 Å². The summed E-state index contributed by atoms with van der Waals surface area (Å²) >= 11 is 0. The molecule has 2 amide bonds. The van der Waals surface area contributed by atoms with Crippen molar-refractivity contribution in [3.63, 3.8) is 0 Å². The number of hydrogen-bond acceptors (Lipinski definition) is 5. The lowest BCUT2D eigenvalue weighted by Crippen LogP contribution is -2.37. The summed E-state index contributed by atoms with van der Waals surface area (Å²) in [5.41, 5.74) is 2.01. The zero-order valence-electron chi connectivity index (χ0n) is 12.9. The predicted molar refractivity (Wildman–Crippen MR) is 79.4 cm³/mol. The van der Waals surface area contributed by atoms with Gasteiger partial charge in [-0.05, 0) is 25.5 Å². The van der Waals surface area contributed by atoms with Crippen molar-refractivity contribution in [2.45, 2.75) is 13.8 Å². The van der Waals surface area contributed by atoms with E-state index in [0.717, 1.165) is 11.1 Å². The Labute approximate surface area is 129 Å². The van der Waals surface area contributed by atoms with Crippen molar-refractivity contribution < 1.29 is 23.9 Å². The summed E-state index contributed by atoms with van der Waals surface area (Å²) in [6.45, 7) is 2.94. The summed E-state index contributed by atoms with van der Waals surface area (Å²) in [4.78, 5) is 33.7. The Morgan fingerprint density at radius 3 is 2.45 bits per heavy atom. The van der Waals surface area contributed by atoms with E-state index < -0.39 is 18.5 Å². The molecule has 1 rings (SSSR count). The first kappa shape index (κ1) is 17.5. The molecule has 7 heteroatoms. The predicted octanol–water partition coefficient (Wildman–Crippen LogP) is 0.0876. The van der Waals surface area contributed by atoms with Crippen LogP contribution in [0.3, 0.4) is 0 Å². The van der Waals surface area contributed by atoms with Crippen molar-refractivity contribution in [3.8, 4) is 5.75 Å². The highest BCUT2D eigenvalue weighted by Gasteiger charge is 2.10. The van der Waals surface area contributed by atoms with E-state index >= 15 is 0 Å². The second-order valence-corrected chi connectivity index (χ2v) is 4.67. The number of ether oxygens (including phenoxy) is 2. The van der Waals surface area contributed by atoms with Gasteiger partial charge in [-0.2, -0.15) is 0 Å². The van der Waals surface area contributed by atoms with E-state index in [4.69, 9.17) is 9.47 Å². The van der Waals surface area contributed by atoms with Gasteiger partial charge >= 0.3 is 5.97 Å². The van der Waals surface area contributed by atoms with Crippen LogP contribution in [-0.4, -0.2) is 44.6 Å². The normalized spacial score (nSPS) is 9.77. The molecule has 0 saturated heterocycles. The first-order chi connectivity index (χ1) is 10.4. The summed E-state index contributed by atoms with van der Waals surface area (Å²) in [5.74, 6) is -0.956. The molecular formula is C15H20N2O5. The molecule has 0 aromatic heterocycles. The van der Waals surface area contributed by atoms with Crippen molar-refractivity contribution in [1.82, 2.24) is 10.6 Å². The molecule has 0 aliphatic carbocycles. The van der Waals surface area contributed by atoms with Gasteiger partial charge in [-0.3, -0.25) is 9.59 Å². The van der Waals surface area contributed by atoms with Crippen LogP contribution in [0.15, 0.2) is 18.2 Å². The van der Waals surface area contributed by atoms with Gasteiger partial charge in [0.05, 0.1) is 6.54 Å². The molecule has 0 radical (unpaired) electrons. The minimum Gasteiger partial charge on any atom is -0.482 e. The highest BCUT2D eigenvalue weighted by molar-refractivity contribution is 5.86. The van der Waals surface area contributed by atoms with Gasteiger partial charge in [-0.1, -0.05) is 17.7 Å². The number of hydrogen-bond donors (Lipinski definition) is 2. The lowest BCUT2D eigenvalue weighted by molar-refractivity contribution is -0.150. The van der Waals surface area contributed by atoms with Crippen LogP contribution >= 0.6 is 0 Å². The molecule has 0 atom stereocenters. The van der Waals surface area contributed by atoms with Crippen LogP contribution in [0.4, 0.5) is 0 Å². The van der Waals surface area contributed by atoms with Crippen molar-refractivity contribution >= 4 is 17.8 Å². The molecule has 7 nitrogen and oxygen atoms in total. The van der Waals surface area contributed by atoms with Crippen molar-refractivity contribution in [2.75, 3.05) is 26.8 Å². The smallest absolute Gasteiger partial charge is 0.344 e. The zero-order valence-corrected chi connectivity index (χ0v) is 12.9. The quantitative estimate of drug-likeness (QED) is 0.696. The molecular weight excluding hydrogens is 288 g/mol. The summed E-state index contributed by atoms with van der Waals surface area (Å²) in [6.07, 6.45) is 0. The SMILES string of the molecule is CNC(=O)CNC(=O)COC(=O)COc1ccc(C)cc1C. The monoisotopic (exact) mass is 308 g/mol. The first-order valence-corrected chi connectivity index (χ1v) is 6.75. The highest BCUT2D eigenvalue weighted by atomic mass is 16.6. The first-order valence-electron chi connectivity index (χ1n) is 6.75. The van der Waals surface area contributed by atoms with Gasteiger partial charge in [-0.15, -0.1) is 0 Å². The van der Waals surface area contributed by atoms with Crippen LogP contribution < -0.4 is 15.4 Å². The molecule has 2 N–H and O–H groups in total. The van der Waals surface area contributed by atoms with Gasteiger partial charge in [0.25, 0.3) is 5.91 Å². The van der Waals surface area contributed by atoms with E-state index in [2.05, 4.69) is 10.6 Å². The van der Waals surface area contributed by atoms with E-state index in [-0.39, 0.29) is 19.1 Å². The average molecular weight is 308 g/mol. The average Bonchev–Trinajstić information content (AvgIpc) is 2.49. The van der Waals surface area contributed by atoms with Crippen LogP contribution in [0.2, 0.25) is 0 Å². The molecule has 22 heavy (non-hydrogen) atoms. The maximum absolute atomic E-state index is 11.5. The van der Waals surface area contributed by atoms with Crippen LogP contribution in [-0.2, 0) is 19.1 Å². The number of carbonyl (C=O) groups excluding carboxylic acids is 3. The third kappa shape index (κ3) is 6.25. The molecule has 0 saturated carbocycles. The Bertz CT molecular complexity index is 557. The maximum atomic E-state index is 11.5. The van der Waals surface area contributed by atoms with E-state index in [1.165, 1.54) is 7.05 Å². The Hall–Kier alpha value is -2.57. The molecule has 0 heterocycles. The third-order valence-corrected chi connectivity index (χ3v) is 2.77. The maximum Gasteiger partial charge on any atom is 0.344 e. The summed E-state index contributed by atoms with van der Waals surface area (Å²) in [7, 11) is 1.46. The van der Waals surface area contributed by atoms with Crippen LogP contribution in [0.1, 0.15) is 11.1 Å². The Morgan fingerprint density at radius 2 is 1.82 bits per heavy atom. The second kappa shape index (κ2) is 8.66. The minimum absolute atomic E-state index is 0.161. The van der Waals surface area contributed by atoms with Gasteiger partial charge < -0.3 is 20.1 Å². The molecule has 0 aliphatic rings. The summed E-state index contributed by atoms with van der Waals surface area (Å²) in [5, 5.41) is 4.66. The summed E-state index contributed by atoms with van der Waals surface area (Å²) in [6, 6.07) is 5.58. The lowest BCUT2D eigenvalue weighted by Gasteiger charge is -2.09. The standard InChI is InChI=1S/C15H20N2O5/c1-10-4-5-12(11(2)6-10)21-9-15(20)22-8-14(19)17-7-13(18)16-3/h4-6H,7-9H2,1-3H3,(H,16,18)(H,17,19). The van der Waals surface area contributed by atoms with Gasteiger partial charge in [0.15, 0.2) is 13.2 Å². The Kier molecular flexibility index (Phi) is 6.88. The Morgan fingerprint density at radius 1 is 1.09 bits per heavy atom. The fourth-order valence-electron chi connectivity index (χ4n) is 1.60. The molecule has 0 fully saturated rings. The number of aryl methyl sites for hydroxylation is 2. The third-order valence-electron chi connectivity index (χ3n) is 2.77. The number of carbonyl (C=O) groups is 3. The minimum atomic E-state index is -0.657. The van der Waals surface area contributed by atoms with E-state index in [1.807, 2.05) is 26.0 Å². The topological polar surface area (TPSA) is 93.7 Å². The second-order valence-electron chi connectivity index (χ2n) is 4.67. The number of likely N-dealkylation sites (N-methyl/N-ethyl adjacent to an activating group) is 1. The van der Waals surface area contributed by atoms with Gasteiger partial charge in [0, 0.05) is 7.05 Å². The fraction of sp³-hybridized carbons (Fsp3) is 0.400. The summed E-state index contributed by atoms with van der Waals surface area (Å²) < 4.78 is 10.1. The van der Waals surface area contributed by atoms with E-state index in [1.54, 1.807) is 6.07 Å². The Balaban J connectivity index is 2.28. The van der Waals surface area contributed by atoms with Gasteiger partial charge in [-0.25, -0.2) is 4.79 Å². The van der Waals surface area contributed by atoms with E-state index in [9.17, 15) is 14.4 Å². The lowest BCUT2D eigenvalue weighted by atomic mass is 10.1. The zero-order chi connectivity index (χ0) is 16.5. The number of amides is 2. The number of nitrogens with one attached hydrogen (secondary N) is 2. The largest absolute Gasteiger partial charge is 0.482 e. The van der Waals surface area contributed by atoms with Crippen LogP contribution in [0.25, 0.3) is 0 Å². The van der Waals surface area contributed by atoms with Gasteiger partial charge in [0.1, 0.15) is 5.75 Å². The van der Waals surface area contributed by atoms with Crippen molar-refractivity contribution in [3.05, 3.63) is 29.3 Å². The van der Waals surface area contributed by atoms with Crippen molar-refractivity contribution in [2.24, 2.45) is 0 Å². The molecule has 1 aromatic carbocycles. The highest BCUT2D eigenvalue weighted by Crippen LogP contribution is 2.18. The molecule has 120 valence electrons. The van der Waals surface area contributed by atoms with Crippen LogP contribution in [0, 0.1) is 13.8 Å². The number of rotatable bonds is 7. The number of esters is 1. The molecule has 0 spiro atoms. The molecule has 0 bridgehead atoms. The fourth-order valence-corrected chi connectivity index (χ4v) is 1.60. The molecule has 0 unspecified atom stereocenters. The van der Waals surface area contributed by atoms with Crippen LogP contribution in [0.5, 0.6) is 5.75 Å². The number of benzene rings is 1. The van der Waals surface area contributed by atoms with E-state index in [0.29, 0.717) is 5.75 Å². The van der Waals surface area contributed by atoms with Gasteiger partial charge in [0.2, 0.25) is 5.91 Å². The molecule has 0 aliphatic heterocycles.